The van der Waals surface area contributed by atoms with Crippen LogP contribution in [0.4, 0.5) is 0 Å². The first-order chi connectivity index (χ1) is 7.87. The van der Waals surface area contributed by atoms with Crippen LogP contribution in [0.1, 0.15) is 33.3 Å². The third-order valence-electron chi connectivity index (χ3n) is 4.33. The van der Waals surface area contributed by atoms with Crippen LogP contribution in [0.25, 0.3) is 0 Å². The first-order valence-corrected chi connectivity index (χ1v) is 6.24. The molecule has 0 aliphatic carbocycles. The zero-order valence-electron chi connectivity index (χ0n) is 11.2. The van der Waals surface area contributed by atoms with Crippen LogP contribution in [0.2, 0.25) is 6.32 Å². The molecular formula is C14H21BO2. The molecule has 0 radical (unpaired) electrons. The van der Waals surface area contributed by atoms with Gasteiger partial charge in [0, 0.05) is 0 Å². The smallest absolute Gasteiger partial charge is 0.328 e. The summed E-state index contributed by atoms with van der Waals surface area (Å²) >= 11 is 0. The van der Waals surface area contributed by atoms with Gasteiger partial charge in [-0.1, -0.05) is 38.1 Å². The highest BCUT2D eigenvalue weighted by Gasteiger charge is 2.50. The van der Waals surface area contributed by atoms with E-state index < -0.39 is 0 Å². The van der Waals surface area contributed by atoms with Crippen LogP contribution in [-0.2, 0) is 11.3 Å². The van der Waals surface area contributed by atoms with Gasteiger partial charge in [-0.2, -0.15) is 0 Å². The molecule has 0 saturated carbocycles. The fourth-order valence-electron chi connectivity index (χ4n) is 2.43. The number of benzene rings is 1. The van der Waals surface area contributed by atoms with Crippen LogP contribution in [0.5, 0.6) is 0 Å². The highest BCUT2D eigenvalue weighted by Crippen LogP contribution is 2.45. The first kappa shape index (κ1) is 12.7. The average Bonchev–Trinajstić information content (AvgIpc) is 2.48. The quantitative estimate of drug-likeness (QED) is 0.792. The molecular weight excluding hydrogens is 211 g/mol. The van der Waals surface area contributed by atoms with Crippen molar-refractivity contribution < 1.29 is 9.76 Å². The van der Waals surface area contributed by atoms with E-state index >= 15 is 0 Å². The molecule has 0 amide bonds. The number of hydrogen-bond acceptors (Lipinski definition) is 2. The SMILES string of the molecule is CC1(C)CB(c2ccccc2CO)OC1(C)C. The monoisotopic (exact) mass is 232 g/mol. The summed E-state index contributed by atoms with van der Waals surface area (Å²) in [6.45, 7) is 8.96. The van der Waals surface area contributed by atoms with Gasteiger partial charge >= 0.3 is 6.92 Å². The van der Waals surface area contributed by atoms with Gasteiger partial charge in [0.1, 0.15) is 0 Å². The van der Waals surface area contributed by atoms with Crippen molar-refractivity contribution in [3.05, 3.63) is 29.8 Å². The Morgan fingerprint density at radius 3 is 2.41 bits per heavy atom. The number of aliphatic hydroxyl groups is 1. The standard InChI is InChI=1S/C14H21BO2/c1-13(2)10-15(17-14(13,3)4)12-8-6-5-7-11(12)9-16/h5-8,16H,9-10H2,1-4H3. The van der Waals surface area contributed by atoms with Crippen molar-refractivity contribution in [2.75, 3.05) is 0 Å². The lowest BCUT2D eigenvalue weighted by Crippen LogP contribution is -2.37. The van der Waals surface area contributed by atoms with E-state index in [4.69, 9.17) is 4.65 Å². The van der Waals surface area contributed by atoms with E-state index in [1.807, 2.05) is 18.2 Å². The third kappa shape index (κ3) is 2.14. The molecule has 0 spiro atoms. The topological polar surface area (TPSA) is 29.5 Å². The van der Waals surface area contributed by atoms with Gasteiger partial charge in [0.15, 0.2) is 0 Å². The predicted octanol–water partition coefficient (Wildman–Crippen LogP) is 2.21. The van der Waals surface area contributed by atoms with Crippen molar-refractivity contribution in [1.82, 2.24) is 0 Å². The minimum atomic E-state index is -0.125. The Hall–Kier alpha value is -0.795. The van der Waals surface area contributed by atoms with Gasteiger partial charge in [-0.25, -0.2) is 0 Å². The van der Waals surface area contributed by atoms with Crippen molar-refractivity contribution in [2.24, 2.45) is 5.41 Å². The van der Waals surface area contributed by atoms with E-state index in [1.165, 1.54) is 0 Å². The zero-order valence-corrected chi connectivity index (χ0v) is 11.2. The maximum absolute atomic E-state index is 9.38. The highest BCUT2D eigenvalue weighted by atomic mass is 16.5. The van der Waals surface area contributed by atoms with Gasteiger partial charge in [-0.3, -0.25) is 0 Å². The highest BCUT2D eigenvalue weighted by molar-refractivity contribution is 6.68. The van der Waals surface area contributed by atoms with Crippen LogP contribution in [0.15, 0.2) is 24.3 Å². The van der Waals surface area contributed by atoms with Gasteiger partial charge in [0.2, 0.25) is 0 Å². The van der Waals surface area contributed by atoms with Crippen LogP contribution in [0, 0.1) is 5.41 Å². The Balaban J connectivity index is 2.32. The summed E-state index contributed by atoms with van der Waals surface area (Å²) in [6.07, 6.45) is 0.997. The Labute approximate surface area is 104 Å². The molecule has 1 aromatic rings. The van der Waals surface area contributed by atoms with E-state index in [0.717, 1.165) is 17.3 Å². The van der Waals surface area contributed by atoms with Crippen LogP contribution >= 0.6 is 0 Å². The number of hydrogen-bond donors (Lipinski definition) is 1. The maximum atomic E-state index is 9.38. The molecule has 2 rings (SSSR count). The Morgan fingerprint density at radius 2 is 1.88 bits per heavy atom. The minimum absolute atomic E-state index is 0.0802. The predicted molar refractivity (Wildman–Crippen MR) is 71.5 cm³/mol. The van der Waals surface area contributed by atoms with E-state index in [9.17, 15) is 5.11 Å². The van der Waals surface area contributed by atoms with Gasteiger partial charge < -0.3 is 9.76 Å². The lowest BCUT2D eigenvalue weighted by Gasteiger charge is -2.34. The zero-order chi connectivity index (χ0) is 12.7. The summed E-state index contributed by atoms with van der Waals surface area (Å²) in [5, 5.41) is 9.38. The fourth-order valence-corrected chi connectivity index (χ4v) is 2.43. The van der Waals surface area contributed by atoms with E-state index in [2.05, 4.69) is 33.8 Å². The van der Waals surface area contributed by atoms with Crippen molar-refractivity contribution in [1.29, 1.82) is 0 Å². The van der Waals surface area contributed by atoms with E-state index in [0.29, 0.717) is 0 Å². The summed E-state index contributed by atoms with van der Waals surface area (Å²) in [5.74, 6) is 0. The van der Waals surface area contributed by atoms with Crippen LogP contribution in [0.3, 0.4) is 0 Å². The molecule has 0 bridgehead atoms. The van der Waals surface area contributed by atoms with Gasteiger partial charge in [-0.05, 0) is 36.6 Å². The van der Waals surface area contributed by atoms with Crippen molar-refractivity contribution >= 4 is 12.4 Å². The molecule has 1 saturated heterocycles. The van der Waals surface area contributed by atoms with E-state index in [1.54, 1.807) is 0 Å². The summed E-state index contributed by atoms with van der Waals surface area (Å²) in [7, 11) is 0. The molecule has 92 valence electrons. The second-order valence-electron chi connectivity index (χ2n) is 6.06. The molecule has 0 unspecified atom stereocenters. The van der Waals surface area contributed by atoms with Crippen molar-refractivity contribution in [3.8, 4) is 0 Å². The third-order valence-corrected chi connectivity index (χ3v) is 4.33. The first-order valence-electron chi connectivity index (χ1n) is 6.24. The normalized spacial score (nSPS) is 21.8. The van der Waals surface area contributed by atoms with Crippen molar-refractivity contribution in [3.63, 3.8) is 0 Å². The van der Waals surface area contributed by atoms with Gasteiger partial charge in [0.05, 0.1) is 12.2 Å². The van der Waals surface area contributed by atoms with E-state index in [-0.39, 0.29) is 24.5 Å². The summed E-state index contributed by atoms with van der Waals surface area (Å²) < 4.78 is 6.18. The fraction of sp³-hybridized carbons (Fsp3) is 0.571. The maximum Gasteiger partial charge on any atom is 0.328 e. The molecule has 1 fully saturated rings. The molecule has 0 atom stereocenters. The Kier molecular flexibility index (Phi) is 3.09. The second kappa shape index (κ2) is 4.15. The van der Waals surface area contributed by atoms with Gasteiger partial charge in [-0.15, -0.1) is 0 Å². The van der Waals surface area contributed by atoms with Crippen LogP contribution in [-0.4, -0.2) is 17.6 Å². The molecule has 1 N–H and O–H groups in total. The van der Waals surface area contributed by atoms with Gasteiger partial charge in [0.25, 0.3) is 0 Å². The molecule has 0 aromatic heterocycles. The molecule has 1 aliphatic heterocycles. The number of rotatable bonds is 2. The van der Waals surface area contributed by atoms with Crippen molar-refractivity contribution in [2.45, 2.75) is 46.2 Å². The van der Waals surface area contributed by atoms with Crippen LogP contribution < -0.4 is 5.46 Å². The molecule has 1 heterocycles. The summed E-state index contributed by atoms with van der Waals surface area (Å²) in [6, 6.07) is 8.00. The molecule has 3 heteroatoms. The Morgan fingerprint density at radius 1 is 1.24 bits per heavy atom. The average molecular weight is 232 g/mol. The summed E-state index contributed by atoms with van der Waals surface area (Å²) in [4.78, 5) is 0. The molecule has 1 aliphatic rings. The largest absolute Gasteiger partial charge is 0.426 e. The molecule has 1 aromatic carbocycles. The lowest BCUT2D eigenvalue weighted by atomic mass is 9.53. The number of aliphatic hydroxyl groups excluding tert-OH is 1. The second-order valence-corrected chi connectivity index (χ2v) is 6.06. The minimum Gasteiger partial charge on any atom is -0.426 e. The molecule has 2 nitrogen and oxygen atoms in total. The molecule has 17 heavy (non-hydrogen) atoms. The Bertz CT molecular complexity index is 396. The lowest BCUT2D eigenvalue weighted by molar-refractivity contribution is 0.0375. The summed E-state index contributed by atoms with van der Waals surface area (Å²) in [5.41, 5.74) is 2.14.